The third kappa shape index (κ3) is 5.88. The number of pyridine rings is 1. The van der Waals surface area contributed by atoms with Crippen LogP contribution < -0.4 is 14.8 Å². The molecule has 1 aromatic carbocycles. The van der Waals surface area contributed by atoms with Crippen LogP contribution in [0, 0.1) is 0 Å². The summed E-state index contributed by atoms with van der Waals surface area (Å²) in [4.78, 5) is 12.7. The Hall–Kier alpha value is -3.26. The lowest BCUT2D eigenvalue weighted by molar-refractivity contribution is -0.117. The smallest absolute Gasteiger partial charge is 0.244 e. The molecule has 31 heavy (non-hydrogen) atoms. The Bertz CT molecular complexity index is 1060. The third-order valence-electron chi connectivity index (χ3n) is 4.55. The normalized spacial score (nSPS) is 12.1. The van der Waals surface area contributed by atoms with Gasteiger partial charge in [-0.15, -0.1) is 10.2 Å². The van der Waals surface area contributed by atoms with E-state index in [-0.39, 0.29) is 11.9 Å². The van der Waals surface area contributed by atoms with Crippen molar-refractivity contribution in [2.75, 3.05) is 25.7 Å². The van der Waals surface area contributed by atoms with Gasteiger partial charge in [-0.2, -0.15) is 11.8 Å². The topological polar surface area (TPSA) is 77.8 Å². The van der Waals surface area contributed by atoms with Crippen LogP contribution in [0.4, 0.5) is 0 Å². The van der Waals surface area contributed by atoms with Crippen molar-refractivity contribution in [3.05, 3.63) is 72.7 Å². The molecule has 0 spiro atoms. The molecule has 0 fully saturated rings. The zero-order chi connectivity index (χ0) is 22.1. The molecule has 3 aromatic rings. The van der Waals surface area contributed by atoms with E-state index in [9.17, 15) is 4.79 Å². The Morgan fingerprint density at radius 3 is 2.94 bits per heavy atom. The fraction of sp³-hybridized carbons (Fsp3) is 0.261. The molecule has 2 aromatic heterocycles. The number of nitrogens with zero attached hydrogens (tertiary/aromatic N) is 3. The summed E-state index contributed by atoms with van der Waals surface area (Å²) >= 11 is 1.72. The highest BCUT2D eigenvalue weighted by atomic mass is 32.2. The second-order valence-corrected chi connectivity index (χ2v) is 7.66. The summed E-state index contributed by atoms with van der Waals surface area (Å²) in [7, 11) is 1.58. The lowest BCUT2D eigenvalue weighted by Crippen LogP contribution is -2.29. The lowest BCUT2D eigenvalue weighted by Gasteiger charge is -2.16. The molecule has 2 heterocycles. The van der Waals surface area contributed by atoms with Crippen molar-refractivity contribution in [1.29, 1.82) is 0 Å². The average Bonchev–Trinajstić information content (AvgIpc) is 3.23. The van der Waals surface area contributed by atoms with Gasteiger partial charge in [0.05, 0.1) is 13.2 Å². The molecule has 0 radical (unpaired) electrons. The van der Waals surface area contributed by atoms with Crippen molar-refractivity contribution >= 4 is 29.4 Å². The fourth-order valence-corrected chi connectivity index (χ4v) is 3.52. The van der Waals surface area contributed by atoms with Crippen LogP contribution in [0.15, 0.2) is 61.3 Å². The number of benzene rings is 1. The number of amides is 1. The molecule has 3 rings (SSSR count). The van der Waals surface area contributed by atoms with Crippen molar-refractivity contribution in [3.63, 3.8) is 0 Å². The van der Waals surface area contributed by atoms with Crippen LogP contribution in [0.2, 0.25) is 0 Å². The van der Waals surface area contributed by atoms with E-state index in [1.54, 1.807) is 31.0 Å². The first-order valence-electron chi connectivity index (χ1n) is 9.85. The Morgan fingerprint density at radius 1 is 1.29 bits per heavy atom. The lowest BCUT2D eigenvalue weighted by atomic mass is 10.1. The van der Waals surface area contributed by atoms with Crippen LogP contribution in [0.25, 0.3) is 11.7 Å². The molecular weight excluding hydrogens is 412 g/mol. The number of hydrogen-bond donors (Lipinski definition) is 1. The number of fused-ring (bicyclic) bond motifs is 1. The van der Waals surface area contributed by atoms with Gasteiger partial charge in [0, 0.05) is 12.3 Å². The Labute approximate surface area is 186 Å². The molecule has 1 unspecified atom stereocenters. The maximum Gasteiger partial charge on any atom is 0.244 e. The SMILES string of the molecule is C=CCOc1ccc(/C=C/C(=O)NC(CCSC)c2nnc3ccccn23)cc1OC. The monoisotopic (exact) mass is 438 g/mol. The highest BCUT2D eigenvalue weighted by molar-refractivity contribution is 7.98. The molecule has 7 nitrogen and oxygen atoms in total. The summed E-state index contributed by atoms with van der Waals surface area (Å²) in [5, 5.41) is 11.6. The molecule has 1 amide bonds. The Balaban J connectivity index is 1.73. The second kappa shape index (κ2) is 11.2. The van der Waals surface area contributed by atoms with Gasteiger partial charge < -0.3 is 14.8 Å². The van der Waals surface area contributed by atoms with E-state index in [0.29, 0.717) is 18.1 Å². The van der Waals surface area contributed by atoms with E-state index in [1.165, 1.54) is 6.08 Å². The maximum absolute atomic E-state index is 12.7. The van der Waals surface area contributed by atoms with Gasteiger partial charge in [0.15, 0.2) is 23.0 Å². The Morgan fingerprint density at radius 2 is 2.16 bits per heavy atom. The highest BCUT2D eigenvalue weighted by Crippen LogP contribution is 2.28. The van der Waals surface area contributed by atoms with Crippen LogP contribution in [0.5, 0.6) is 11.5 Å². The summed E-state index contributed by atoms with van der Waals surface area (Å²) in [5.41, 5.74) is 1.58. The molecule has 1 N–H and O–H groups in total. The number of carbonyl (C=O) groups is 1. The van der Waals surface area contributed by atoms with Crippen molar-refractivity contribution in [1.82, 2.24) is 19.9 Å². The molecule has 0 saturated heterocycles. The quantitative estimate of drug-likeness (QED) is 0.361. The van der Waals surface area contributed by atoms with Gasteiger partial charge in [-0.3, -0.25) is 9.20 Å². The number of methoxy groups -OCH3 is 1. The van der Waals surface area contributed by atoms with E-state index in [0.717, 1.165) is 29.2 Å². The van der Waals surface area contributed by atoms with Gasteiger partial charge in [0.2, 0.25) is 5.91 Å². The van der Waals surface area contributed by atoms with Crippen LogP contribution in [-0.4, -0.2) is 46.2 Å². The maximum atomic E-state index is 12.7. The minimum absolute atomic E-state index is 0.204. The summed E-state index contributed by atoms with van der Waals surface area (Å²) in [6, 6.07) is 11.0. The highest BCUT2D eigenvalue weighted by Gasteiger charge is 2.19. The van der Waals surface area contributed by atoms with E-state index >= 15 is 0 Å². The predicted molar refractivity (Wildman–Crippen MR) is 125 cm³/mol. The average molecular weight is 439 g/mol. The van der Waals surface area contributed by atoms with Gasteiger partial charge in [-0.1, -0.05) is 24.8 Å². The van der Waals surface area contributed by atoms with Crippen molar-refractivity contribution in [3.8, 4) is 11.5 Å². The minimum Gasteiger partial charge on any atom is -0.493 e. The minimum atomic E-state index is -0.244. The largest absolute Gasteiger partial charge is 0.493 e. The number of ether oxygens (including phenoxy) is 2. The molecule has 0 aliphatic rings. The van der Waals surface area contributed by atoms with E-state index < -0.39 is 0 Å². The number of aromatic nitrogens is 3. The third-order valence-corrected chi connectivity index (χ3v) is 5.19. The zero-order valence-corrected chi connectivity index (χ0v) is 18.5. The summed E-state index contributed by atoms with van der Waals surface area (Å²) in [5.74, 6) is 2.62. The van der Waals surface area contributed by atoms with Gasteiger partial charge in [-0.05, 0) is 54.3 Å². The number of hydrogen-bond acceptors (Lipinski definition) is 6. The van der Waals surface area contributed by atoms with Crippen molar-refractivity contribution in [2.24, 2.45) is 0 Å². The first-order valence-corrected chi connectivity index (χ1v) is 11.2. The zero-order valence-electron chi connectivity index (χ0n) is 17.7. The number of rotatable bonds is 11. The molecular formula is C23H26N4O3S. The summed E-state index contributed by atoms with van der Waals surface area (Å²) < 4.78 is 12.8. The van der Waals surface area contributed by atoms with Gasteiger partial charge >= 0.3 is 0 Å². The summed E-state index contributed by atoms with van der Waals surface area (Å²) in [6.45, 7) is 4.03. The van der Waals surface area contributed by atoms with Crippen LogP contribution >= 0.6 is 11.8 Å². The van der Waals surface area contributed by atoms with Crippen molar-refractivity contribution < 1.29 is 14.3 Å². The van der Waals surface area contributed by atoms with E-state index in [1.807, 2.05) is 53.3 Å². The molecule has 0 aliphatic heterocycles. The van der Waals surface area contributed by atoms with E-state index in [4.69, 9.17) is 9.47 Å². The van der Waals surface area contributed by atoms with E-state index in [2.05, 4.69) is 22.1 Å². The predicted octanol–water partition coefficient (Wildman–Crippen LogP) is 3.93. The van der Waals surface area contributed by atoms with Gasteiger partial charge in [0.25, 0.3) is 0 Å². The molecule has 0 saturated carbocycles. The van der Waals surface area contributed by atoms with Gasteiger partial charge in [-0.25, -0.2) is 0 Å². The van der Waals surface area contributed by atoms with Crippen LogP contribution in [0.3, 0.4) is 0 Å². The first kappa shape index (κ1) is 22.4. The molecule has 162 valence electrons. The Kier molecular flexibility index (Phi) is 8.12. The summed E-state index contributed by atoms with van der Waals surface area (Å²) in [6.07, 6.45) is 9.61. The molecule has 1 atom stereocenters. The number of nitrogens with one attached hydrogen (secondary N) is 1. The first-order chi connectivity index (χ1) is 15.2. The fourth-order valence-electron chi connectivity index (χ4n) is 3.05. The number of thioether (sulfide) groups is 1. The van der Waals surface area contributed by atoms with Crippen LogP contribution in [0.1, 0.15) is 23.9 Å². The number of carbonyl (C=O) groups excluding carboxylic acids is 1. The molecule has 0 aliphatic carbocycles. The van der Waals surface area contributed by atoms with Gasteiger partial charge in [0.1, 0.15) is 6.61 Å². The standard InChI is InChI=1S/C23H26N4O3S/c1-4-14-30-19-10-8-17(16-20(19)29-2)9-11-22(28)24-18(12-15-31-3)23-26-25-21-7-5-6-13-27(21)23/h4-11,13,16,18H,1,12,14-15H2,2-3H3,(H,24,28)/b11-9+. The second-order valence-electron chi connectivity index (χ2n) is 6.67. The van der Waals surface area contributed by atoms with Crippen molar-refractivity contribution in [2.45, 2.75) is 12.5 Å². The van der Waals surface area contributed by atoms with Crippen LogP contribution in [-0.2, 0) is 4.79 Å². The molecule has 0 bridgehead atoms. The molecule has 8 heteroatoms.